The van der Waals surface area contributed by atoms with Crippen molar-refractivity contribution in [1.29, 1.82) is 0 Å². The Morgan fingerprint density at radius 3 is 2.78 bits per heavy atom. The molecule has 2 aliphatic rings. The Morgan fingerprint density at radius 1 is 1.44 bits per heavy atom. The van der Waals surface area contributed by atoms with Gasteiger partial charge < -0.3 is 15.4 Å². The number of nitrogens with zero attached hydrogens (tertiary/aromatic N) is 2. The molecule has 2 atom stereocenters. The van der Waals surface area contributed by atoms with Crippen molar-refractivity contribution in [3.63, 3.8) is 0 Å². The van der Waals surface area contributed by atoms with Crippen molar-refractivity contribution in [2.45, 2.75) is 25.0 Å². The van der Waals surface area contributed by atoms with Crippen LogP contribution in [-0.4, -0.2) is 41.1 Å². The lowest BCUT2D eigenvalue weighted by atomic mass is 10.2. The lowest BCUT2D eigenvalue weighted by Gasteiger charge is -2.32. The van der Waals surface area contributed by atoms with E-state index in [1.807, 2.05) is 4.90 Å². The van der Waals surface area contributed by atoms with Crippen molar-refractivity contribution in [1.82, 2.24) is 9.88 Å². The predicted molar refractivity (Wildman–Crippen MR) is 70.1 cm³/mol. The molecule has 0 saturated carbocycles. The van der Waals surface area contributed by atoms with Crippen LogP contribution < -0.4 is 5.73 Å². The smallest absolute Gasteiger partial charge is 0.255 e. The van der Waals surface area contributed by atoms with E-state index in [9.17, 15) is 4.79 Å². The van der Waals surface area contributed by atoms with E-state index in [0.717, 1.165) is 12.8 Å². The standard InChI is InChI=1S/C12H14BrN3O2/c13-10-4-15-11(14)3-9(10)12(17)16-5-7-1-2-8(6-16)18-7/h3-4,7-8H,1-2,5-6H2,(H2,14,15). The second kappa shape index (κ2) is 4.51. The number of fused-ring (bicyclic) bond motifs is 2. The summed E-state index contributed by atoms with van der Waals surface area (Å²) in [6, 6.07) is 1.61. The van der Waals surface area contributed by atoms with Gasteiger partial charge in [-0.15, -0.1) is 0 Å². The van der Waals surface area contributed by atoms with E-state index in [0.29, 0.717) is 28.9 Å². The number of nitrogens with two attached hydrogens (primary N) is 1. The van der Waals surface area contributed by atoms with Gasteiger partial charge in [0.2, 0.25) is 0 Å². The monoisotopic (exact) mass is 311 g/mol. The molecule has 6 heteroatoms. The molecule has 1 aromatic heterocycles. The number of ether oxygens (including phenoxy) is 1. The second-order valence-electron chi connectivity index (χ2n) is 4.76. The van der Waals surface area contributed by atoms with E-state index in [-0.39, 0.29) is 18.1 Å². The van der Waals surface area contributed by atoms with E-state index in [4.69, 9.17) is 10.5 Å². The summed E-state index contributed by atoms with van der Waals surface area (Å²) < 4.78 is 6.41. The number of carbonyl (C=O) groups excluding carboxylic acids is 1. The van der Waals surface area contributed by atoms with Gasteiger partial charge >= 0.3 is 0 Å². The highest BCUT2D eigenvalue weighted by Crippen LogP contribution is 2.28. The molecule has 0 spiro atoms. The number of morpholine rings is 1. The van der Waals surface area contributed by atoms with Crippen LogP contribution in [0.2, 0.25) is 0 Å². The predicted octanol–water partition coefficient (Wildman–Crippen LogP) is 1.43. The van der Waals surface area contributed by atoms with Crippen LogP contribution in [0.5, 0.6) is 0 Å². The number of carbonyl (C=O) groups is 1. The Balaban J connectivity index is 1.84. The van der Waals surface area contributed by atoms with Gasteiger partial charge in [0.25, 0.3) is 5.91 Å². The number of halogens is 1. The van der Waals surface area contributed by atoms with Crippen LogP contribution in [0.1, 0.15) is 23.2 Å². The molecule has 2 saturated heterocycles. The van der Waals surface area contributed by atoms with E-state index in [2.05, 4.69) is 20.9 Å². The molecule has 2 bridgehead atoms. The van der Waals surface area contributed by atoms with E-state index >= 15 is 0 Å². The fourth-order valence-electron chi connectivity index (χ4n) is 2.57. The van der Waals surface area contributed by atoms with Crippen molar-refractivity contribution < 1.29 is 9.53 Å². The summed E-state index contributed by atoms with van der Waals surface area (Å²) in [4.78, 5) is 18.2. The van der Waals surface area contributed by atoms with Gasteiger partial charge in [-0.25, -0.2) is 4.98 Å². The minimum absolute atomic E-state index is 0.00354. The zero-order valence-electron chi connectivity index (χ0n) is 9.80. The zero-order chi connectivity index (χ0) is 12.7. The molecule has 0 aromatic carbocycles. The number of hydrogen-bond acceptors (Lipinski definition) is 4. The molecule has 0 radical (unpaired) electrons. The fourth-order valence-corrected chi connectivity index (χ4v) is 2.96. The number of hydrogen-bond donors (Lipinski definition) is 1. The Hall–Kier alpha value is -1.14. The van der Waals surface area contributed by atoms with Crippen LogP contribution in [0.25, 0.3) is 0 Å². The number of amides is 1. The Bertz CT molecular complexity index is 482. The summed E-state index contributed by atoms with van der Waals surface area (Å²) in [5.74, 6) is 0.356. The Kier molecular flexibility index (Phi) is 2.99. The quantitative estimate of drug-likeness (QED) is 0.852. The first-order valence-electron chi connectivity index (χ1n) is 5.99. The number of pyridine rings is 1. The first-order chi connectivity index (χ1) is 8.63. The molecular weight excluding hydrogens is 298 g/mol. The summed E-state index contributed by atoms with van der Waals surface area (Å²) >= 11 is 3.35. The van der Waals surface area contributed by atoms with Gasteiger partial charge in [0.05, 0.1) is 17.8 Å². The molecule has 2 N–H and O–H groups in total. The summed E-state index contributed by atoms with van der Waals surface area (Å²) in [7, 11) is 0. The molecule has 1 amide bonds. The summed E-state index contributed by atoms with van der Waals surface area (Å²) in [6.45, 7) is 1.34. The van der Waals surface area contributed by atoms with Gasteiger partial charge in [-0.05, 0) is 34.8 Å². The van der Waals surface area contributed by atoms with Crippen LogP contribution in [-0.2, 0) is 4.74 Å². The van der Waals surface area contributed by atoms with Crippen LogP contribution in [0.15, 0.2) is 16.7 Å². The lowest BCUT2D eigenvalue weighted by Crippen LogP contribution is -2.45. The van der Waals surface area contributed by atoms with Crippen molar-refractivity contribution >= 4 is 27.7 Å². The van der Waals surface area contributed by atoms with Crippen molar-refractivity contribution in [2.75, 3.05) is 18.8 Å². The van der Waals surface area contributed by atoms with Gasteiger partial charge in [-0.3, -0.25) is 4.79 Å². The highest BCUT2D eigenvalue weighted by atomic mass is 79.9. The van der Waals surface area contributed by atoms with Gasteiger partial charge in [-0.1, -0.05) is 0 Å². The molecule has 0 aliphatic carbocycles. The molecule has 2 unspecified atom stereocenters. The van der Waals surface area contributed by atoms with Gasteiger partial charge in [0.15, 0.2) is 0 Å². The first kappa shape index (κ1) is 11.9. The average Bonchev–Trinajstić information content (AvgIpc) is 2.70. The number of nitrogen functional groups attached to an aromatic ring is 1. The molecule has 3 heterocycles. The zero-order valence-corrected chi connectivity index (χ0v) is 11.4. The summed E-state index contributed by atoms with van der Waals surface area (Å²) in [6.07, 6.45) is 4.07. The highest BCUT2D eigenvalue weighted by Gasteiger charge is 2.36. The van der Waals surface area contributed by atoms with E-state index < -0.39 is 0 Å². The molecule has 5 nitrogen and oxygen atoms in total. The normalized spacial score (nSPS) is 26.4. The topological polar surface area (TPSA) is 68.5 Å². The lowest BCUT2D eigenvalue weighted by molar-refractivity contribution is -0.0303. The van der Waals surface area contributed by atoms with Crippen LogP contribution in [0.3, 0.4) is 0 Å². The average molecular weight is 312 g/mol. The number of rotatable bonds is 1. The number of aromatic nitrogens is 1. The van der Waals surface area contributed by atoms with E-state index in [1.165, 1.54) is 0 Å². The third-order valence-corrected chi connectivity index (χ3v) is 4.07. The van der Waals surface area contributed by atoms with Crippen LogP contribution >= 0.6 is 15.9 Å². The molecule has 3 rings (SSSR count). The van der Waals surface area contributed by atoms with Crippen molar-refractivity contribution in [2.24, 2.45) is 0 Å². The Morgan fingerprint density at radius 2 is 2.11 bits per heavy atom. The van der Waals surface area contributed by atoms with Gasteiger partial charge in [0.1, 0.15) is 5.82 Å². The van der Waals surface area contributed by atoms with Crippen LogP contribution in [0, 0.1) is 0 Å². The van der Waals surface area contributed by atoms with E-state index in [1.54, 1.807) is 12.3 Å². The molecule has 2 aliphatic heterocycles. The van der Waals surface area contributed by atoms with Gasteiger partial charge in [-0.2, -0.15) is 0 Å². The molecule has 18 heavy (non-hydrogen) atoms. The van der Waals surface area contributed by atoms with Gasteiger partial charge in [0, 0.05) is 23.8 Å². The maximum Gasteiger partial charge on any atom is 0.255 e. The molecule has 1 aromatic rings. The maximum absolute atomic E-state index is 12.4. The van der Waals surface area contributed by atoms with Crippen LogP contribution in [0.4, 0.5) is 5.82 Å². The Labute approximate surface area is 113 Å². The molecular formula is C12H14BrN3O2. The largest absolute Gasteiger partial charge is 0.384 e. The van der Waals surface area contributed by atoms with Crippen molar-refractivity contribution in [3.8, 4) is 0 Å². The third kappa shape index (κ3) is 2.10. The summed E-state index contributed by atoms with van der Waals surface area (Å²) in [5, 5.41) is 0. The summed E-state index contributed by atoms with van der Waals surface area (Å²) in [5.41, 5.74) is 6.21. The first-order valence-corrected chi connectivity index (χ1v) is 6.78. The highest BCUT2D eigenvalue weighted by molar-refractivity contribution is 9.10. The van der Waals surface area contributed by atoms with Crippen molar-refractivity contribution in [3.05, 3.63) is 22.3 Å². The minimum Gasteiger partial charge on any atom is -0.384 e. The molecule has 96 valence electrons. The number of likely N-dealkylation sites (tertiary alicyclic amines) is 1. The minimum atomic E-state index is -0.00354. The second-order valence-corrected chi connectivity index (χ2v) is 5.61. The third-order valence-electron chi connectivity index (χ3n) is 3.44. The fraction of sp³-hybridized carbons (Fsp3) is 0.500. The maximum atomic E-state index is 12.4. The SMILES string of the molecule is Nc1cc(C(=O)N2CC3CCC(C2)O3)c(Br)cn1. The number of anilines is 1. The molecule has 2 fully saturated rings.